The van der Waals surface area contributed by atoms with Crippen LogP contribution in [-0.4, -0.2) is 48.8 Å². The van der Waals surface area contributed by atoms with Gasteiger partial charge in [-0.3, -0.25) is 14.5 Å². The number of carbonyl (C=O) groups is 2. The smallest absolute Gasteiger partial charge is 0.306 e. The molecule has 2 N–H and O–H groups in total. The van der Waals surface area contributed by atoms with Gasteiger partial charge in [-0.15, -0.1) is 0 Å². The summed E-state index contributed by atoms with van der Waals surface area (Å²) in [6.07, 6.45) is 4.48. The molecule has 0 spiro atoms. The van der Waals surface area contributed by atoms with Crippen molar-refractivity contribution in [3.05, 3.63) is 35.9 Å². The molecular formula is C17H22N2O4. The number of carboxylic acids is 1. The van der Waals surface area contributed by atoms with Gasteiger partial charge < -0.3 is 15.2 Å². The minimum Gasteiger partial charge on any atom is -0.497 e. The lowest BCUT2D eigenvalue weighted by Crippen LogP contribution is -2.42. The number of benzene rings is 1. The fourth-order valence-electron chi connectivity index (χ4n) is 2.50. The number of aliphatic carboxylic acids is 1. The van der Waals surface area contributed by atoms with E-state index in [-0.39, 0.29) is 11.8 Å². The molecule has 1 fully saturated rings. The van der Waals surface area contributed by atoms with Crippen molar-refractivity contribution in [2.45, 2.75) is 12.8 Å². The summed E-state index contributed by atoms with van der Waals surface area (Å²) in [6.45, 7) is 1.82. The third kappa shape index (κ3) is 5.41. The Morgan fingerprint density at radius 1 is 1.39 bits per heavy atom. The molecule has 1 saturated heterocycles. The Bertz CT molecular complexity index is 578. The zero-order chi connectivity index (χ0) is 16.7. The van der Waals surface area contributed by atoms with Gasteiger partial charge in [-0.05, 0) is 36.6 Å². The number of nitrogens with zero attached hydrogens (tertiary/aromatic N) is 1. The van der Waals surface area contributed by atoms with E-state index in [1.807, 2.05) is 24.3 Å². The van der Waals surface area contributed by atoms with Gasteiger partial charge >= 0.3 is 5.97 Å². The van der Waals surface area contributed by atoms with Crippen molar-refractivity contribution in [1.29, 1.82) is 0 Å². The van der Waals surface area contributed by atoms with Crippen LogP contribution in [0, 0.1) is 5.92 Å². The predicted molar refractivity (Wildman–Crippen MR) is 87.0 cm³/mol. The van der Waals surface area contributed by atoms with Crippen molar-refractivity contribution in [2.24, 2.45) is 5.92 Å². The topological polar surface area (TPSA) is 78.9 Å². The molecule has 1 heterocycles. The molecule has 0 aliphatic carbocycles. The van der Waals surface area contributed by atoms with Crippen LogP contribution in [0.5, 0.6) is 5.75 Å². The highest BCUT2D eigenvalue weighted by Crippen LogP contribution is 2.16. The summed E-state index contributed by atoms with van der Waals surface area (Å²) in [5.74, 6) is -0.410. The summed E-state index contributed by atoms with van der Waals surface area (Å²) in [5, 5.41) is 11.8. The first-order valence-electron chi connectivity index (χ1n) is 7.63. The van der Waals surface area contributed by atoms with Crippen molar-refractivity contribution in [3.8, 4) is 5.75 Å². The third-order valence-electron chi connectivity index (χ3n) is 3.93. The first-order chi connectivity index (χ1) is 11.1. The number of nitrogens with one attached hydrogen (secondary N) is 1. The highest BCUT2D eigenvalue weighted by molar-refractivity contribution is 5.91. The average molecular weight is 318 g/mol. The molecule has 6 nitrogen and oxygen atoms in total. The molecule has 2 rings (SSSR count). The average Bonchev–Trinajstić information content (AvgIpc) is 2.58. The van der Waals surface area contributed by atoms with Gasteiger partial charge in [-0.1, -0.05) is 12.1 Å². The molecule has 0 saturated carbocycles. The number of amides is 1. The van der Waals surface area contributed by atoms with Crippen molar-refractivity contribution in [1.82, 2.24) is 10.2 Å². The van der Waals surface area contributed by atoms with Gasteiger partial charge in [0.15, 0.2) is 0 Å². The Balaban J connectivity index is 1.75. The van der Waals surface area contributed by atoms with E-state index in [0.717, 1.165) is 11.3 Å². The van der Waals surface area contributed by atoms with Crippen LogP contribution in [0.1, 0.15) is 18.4 Å². The Morgan fingerprint density at radius 3 is 2.78 bits per heavy atom. The maximum absolute atomic E-state index is 11.8. The van der Waals surface area contributed by atoms with Gasteiger partial charge in [0.05, 0.1) is 19.7 Å². The highest BCUT2D eigenvalue weighted by Gasteiger charge is 2.24. The first-order valence-corrected chi connectivity index (χ1v) is 7.63. The van der Waals surface area contributed by atoms with Crippen LogP contribution in [0.25, 0.3) is 6.08 Å². The van der Waals surface area contributed by atoms with E-state index >= 15 is 0 Å². The molecule has 0 unspecified atom stereocenters. The largest absolute Gasteiger partial charge is 0.497 e. The molecule has 1 aliphatic heterocycles. The van der Waals surface area contributed by atoms with Crippen LogP contribution in [0.3, 0.4) is 0 Å². The van der Waals surface area contributed by atoms with Gasteiger partial charge in [-0.25, -0.2) is 0 Å². The van der Waals surface area contributed by atoms with E-state index in [1.165, 1.54) is 6.08 Å². The monoisotopic (exact) mass is 318 g/mol. The predicted octanol–water partition coefficient (Wildman–Crippen LogP) is 1.58. The molecule has 1 amide bonds. The zero-order valence-electron chi connectivity index (χ0n) is 13.2. The van der Waals surface area contributed by atoms with Gasteiger partial charge in [0.1, 0.15) is 5.75 Å². The molecule has 124 valence electrons. The molecule has 0 radical (unpaired) electrons. The van der Waals surface area contributed by atoms with E-state index in [1.54, 1.807) is 13.2 Å². The maximum atomic E-state index is 11.8. The number of rotatable bonds is 6. The third-order valence-corrected chi connectivity index (χ3v) is 3.93. The van der Waals surface area contributed by atoms with E-state index in [0.29, 0.717) is 32.6 Å². The van der Waals surface area contributed by atoms with Crippen LogP contribution < -0.4 is 10.1 Å². The molecule has 1 aliphatic rings. The number of methoxy groups -OCH3 is 1. The van der Waals surface area contributed by atoms with Crippen molar-refractivity contribution in [3.63, 3.8) is 0 Å². The normalized spacial score (nSPS) is 16.4. The van der Waals surface area contributed by atoms with Crippen molar-refractivity contribution in [2.75, 3.05) is 26.9 Å². The highest BCUT2D eigenvalue weighted by atomic mass is 16.5. The van der Waals surface area contributed by atoms with Crippen molar-refractivity contribution >= 4 is 18.0 Å². The summed E-state index contributed by atoms with van der Waals surface area (Å²) in [5.41, 5.74) is 0.891. The number of carboxylic acid groups (broad SMARTS) is 1. The summed E-state index contributed by atoms with van der Waals surface area (Å²) >= 11 is 0. The fraction of sp³-hybridized carbons (Fsp3) is 0.412. The summed E-state index contributed by atoms with van der Waals surface area (Å²) in [6, 6.07) is 7.45. The fourth-order valence-corrected chi connectivity index (χ4v) is 2.50. The zero-order valence-corrected chi connectivity index (χ0v) is 13.2. The van der Waals surface area contributed by atoms with Crippen LogP contribution in [0.2, 0.25) is 0 Å². The lowest BCUT2D eigenvalue weighted by molar-refractivity contribution is -0.143. The second-order valence-electron chi connectivity index (χ2n) is 5.54. The molecule has 0 atom stereocenters. The summed E-state index contributed by atoms with van der Waals surface area (Å²) in [7, 11) is 1.60. The van der Waals surface area contributed by atoms with E-state index in [4.69, 9.17) is 9.84 Å². The van der Waals surface area contributed by atoms with E-state index in [9.17, 15) is 9.59 Å². The molecule has 0 bridgehead atoms. The number of piperidine rings is 1. The lowest BCUT2D eigenvalue weighted by atomic mass is 9.97. The minimum absolute atomic E-state index is 0.173. The van der Waals surface area contributed by atoms with Gasteiger partial charge in [0.25, 0.3) is 0 Å². The Kier molecular flexibility index (Phi) is 6.17. The molecule has 23 heavy (non-hydrogen) atoms. The first kappa shape index (κ1) is 17.0. The van der Waals surface area contributed by atoms with Gasteiger partial charge in [-0.2, -0.15) is 0 Å². The molecule has 0 aromatic heterocycles. The van der Waals surface area contributed by atoms with Gasteiger partial charge in [0, 0.05) is 19.2 Å². The molecule has 6 heteroatoms. The number of hydrogen-bond donors (Lipinski definition) is 2. The number of likely N-dealkylation sites (tertiary alicyclic amines) is 1. The van der Waals surface area contributed by atoms with Gasteiger partial charge in [0.2, 0.25) is 5.91 Å². The maximum Gasteiger partial charge on any atom is 0.306 e. The quantitative estimate of drug-likeness (QED) is 0.779. The Labute approximate surface area is 135 Å². The molecule has 1 aromatic carbocycles. The second kappa shape index (κ2) is 8.33. The minimum atomic E-state index is -0.727. The lowest BCUT2D eigenvalue weighted by Gasteiger charge is -2.29. The van der Waals surface area contributed by atoms with Crippen LogP contribution in [0.4, 0.5) is 0 Å². The Morgan fingerprint density at radius 2 is 2.13 bits per heavy atom. The summed E-state index contributed by atoms with van der Waals surface area (Å²) in [4.78, 5) is 24.8. The SMILES string of the molecule is COc1cccc(/C=C/C(=O)NCN2CCC(C(=O)O)CC2)c1. The number of ether oxygens (including phenoxy) is 1. The van der Waals surface area contributed by atoms with Crippen molar-refractivity contribution < 1.29 is 19.4 Å². The Hall–Kier alpha value is -2.34. The van der Waals surface area contributed by atoms with E-state index < -0.39 is 5.97 Å². The standard InChI is InChI=1S/C17H22N2O4/c1-23-15-4-2-3-13(11-15)5-6-16(20)18-12-19-9-7-14(8-10-19)17(21)22/h2-6,11,14H,7-10,12H2,1H3,(H,18,20)(H,21,22)/b6-5+. The molecular weight excluding hydrogens is 296 g/mol. The summed E-state index contributed by atoms with van der Waals surface area (Å²) < 4.78 is 5.13. The van der Waals surface area contributed by atoms with Crippen LogP contribution in [-0.2, 0) is 9.59 Å². The number of carbonyl (C=O) groups excluding carboxylic acids is 1. The molecule has 1 aromatic rings. The van der Waals surface area contributed by atoms with E-state index in [2.05, 4.69) is 10.2 Å². The second-order valence-corrected chi connectivity index (χ2v) is 5.54. The number of hydrogen-bond acceptors (Lipinski definition) is 4. The van der Waals surface area contributed by atoms with Crippen LogP contribution in [0.15, 0.2) is 30.3 Å². The van der Waals surface area contributed by atoms with Crippen LogP contribution >= 0.6 is 0 Å².